The van der Waals surface area contributed by atoms with E-state index in [4.69, 9.17) is 9.84 Å². The van der Waals surface area contributed by atoms with Crippen molar-refractivity contribution in [2.24, 2.45) is 0 Å². The van der Waals surface area contributed by atoms with Crippen molar-refractivity contribution < 1.29 is 19.4 Å². The van der Waals surface area contributed by atoms with E-state index in [9.17, 15) is 9.59 Å². The first kappa shape index (κ1) is 26.5. The van der Waals surface area contributed by atoms with Crippen molar-refractivity contribution in [3.8, 4) is 5.75 Å². The Labute approximate surface area is 209 Å². The molecule has 5 heteroatoms. The number of para-hydroxylation sites is 1. The van der Waals surface area contributed by atoms with Crippen LogP contribution < -0.4 is 4.74 Å². The Bertz CT molecular complexity index is 1070. The number of carbonyl (C=O) groups excluding carboxylic acids is 1. The Kier molecular flexibility index (Phi) is 10.4. The molecule has 2 aromatic carbocycles. The monoisotopic (exact) mass is 477 g/mol. The summed E-state index contributed by atoms with van der Waals surface area (Å²) in [7, 11) is 0. The van der Waals surface area contributed by atoms with Gasteiger partial charge in [-0.2, -0.15) is 0 Å². The van der Waals surface area contributed by atoms with E-state index in [0.717, 1.165) is 29.5 Å². The first-order valence-corrected chi connectivity index (χ1v) is 13.1. The van der Waals surface area contributed by atoms with Gasteiger partial charge < -0.3 is 14.4 Å². The summed E-state index contributed by atoms with van der Waals surface area (Å²) in [6.07, 6.45) is 12.1. The number of aromatic nitrogens is 1. The van der Waals surface area contributed by atoms with E-state index in [0.29, 0.717) is 24.1 Å². The molecule has 0 amide bonds. The third-order valence-electron chi connectivity index (χ3n) is 6.50. The van der Waals surface area contributed by atoms with Crippen LogP contribution in [0.25, 0.3) is 10.9 Å². The topological polar surface area (TPSA) is 68.5 Å². The van der Waals surface area contributed by atoms with Crippen molar-refractivity contribution in [1.82, 2.24) is 4.57 Å². The van der Waals surface area contributed by atoms with Crippen LogP contribution in [0.15, 0.2) is 54.7 Å². The van der Waals surface area contributed by atoms with E-state index < -0.39 is 5.97 Å². The summed E-state index contributed by atoms with van der Waals surface area (Å²) in [6, 6.07) is 15.3. The Morgan fingerprint density at radius 3 is 2.17 bits per heavy atom. The van der Waals surface area contributed by atoms with Crippen LogP contribution in [0.4, 0.5) is 0 Å². The zero-order valence-electron chi connectivity index (χ0n) is 21.2. The van der Waals surface area contributed by atoms with Gasteiger partial charge in [-0.05, 0) is 62.4 Å². The number of fused-ring (bicyclic) bond motifs is 1. The highest BCUT2D eigenvalue weighted by Gasteiger charge is 2.17. The molecule has 0 atom stereocenters. The molecule has 0 fully saturated rings. The molecular formula is C30H39NO4. The second kappa shape index (κ2) is 13.7. The molecule has 0 aliphatic carbocycles. The molecular weight excluding hydrogens is 438 g/mol. The van der Waals surface area contributed by atoms with Crippen LogP contribution in [0.1, 0.15) is 94.0 Å². The van der Waals surface area contributed by atoms with E-state index in [1.165, 1.54) is 38.5 Å². The smallest absolute Gasteiger partial charge is 0.303 e. The Balaban J connectivity index is 1.72. The maximum absolute atomic E-state index is 13.4. The van der Waals surface area contributed by atoms with Gasteiger partial charge in [0.25, 0.3) is 0 Å². The Hall–Kier alpha value is -3.08. The number of carboxylic acids is 1. The minimum atomic E-state index is -0.807. The summed E-state index contributed by atoms with van der Waals surface area (Å²) < 4.78 is 8.31. The van der Waals surface area contributed by atoms with Gasteiger partial charge in [-0.3, -0.25) is 9.59 Å². The summed E-state index contributed by atoms with van der Waals surface area (Å²) in [5, 5.41) is 9.85. The first-order chi connectivity index (χ1) is 17.0. The fourth-order valence-electron chi connectivity index (χ4n) is 4.55. The fraction of sp³-hybridized carbons (Fsp3) is 0.467. The number of ether oxygens (including phenoxy) is 1. The normalized spacial score (nSPS) is 11.3. The second-order valence-electron chi connectivity index (χ2n) is 9.34. The molecule has 1 aromatic heterocycles. The van der Waals surface area contributed by atoms with Gasteiger partial charge in [0.1, 0.15) is 5.75 Å². The highest BCUT2D eigenvalue weighted by atomic mass is 16.5. The molecule has 0 spiro atoms. The average molecular weight is 478 g/mol. The minimum Gasteiger partial charge on any atom is -0.490 e. The van der Waals surface area contributed by atoms with Crippen LogP contribution in [0.5, 0.6) is 5.75 Å². The highest BCUT2D eigenvalue weighted by molar-refractivity contribution is 6.16. The molecule has 188 valence electrons. The molecule has 5 nitrogen and oxygen atoms in total. The Morgan fingerprint density at radius 2 is 1.54 bits per heavy atom. The molecule has 3 rings (SSSR count). The lowest BCUT2D eigenvalue weighted by molar-refractivity contribution is -0.137. The third-order valence-corrected chi connectivity index (χ3v) is 6.50. The van der Waals surface area contributed by atoms with Crippen molar-refractivity contribution in [2.45, 2.75) is 90.7 Å². The number of rotatable bonds is 16. The van der Waals surface area contributed by atoms with E-state index in [2.05, 4.69) is 13.8 Å². The van der Waals surface area contributed by atoms with Crippen molar-refractivity contribution in [2.75, 3.05) is 0 Å². The van der Waals surface area contributed by atoms with Crippen molar-refractivity contribution in [3.63, 3.8) is 0 Å². The lowest BCUT2D eigenvalue weighted by atomic mass is 10.0. The van der Waals surface area contributed by atoms with Crippen LogP contribution in [-0.2, 0) is 11.3 Å². The third kappa shape index (κ3) is 7.71. The van der Waals surface area contributed by atoms with Gasteiger partial charge in [-0.15, -0.1) is 0 Å². The maximum atomic E-state index is 13.4. The first-order valence-electron chi connectivity index (χ1n) is 13.1. The molecule has 35 heavy (non-hydrogen) atoms. The highest BCUT2D eigenvalue weighted by Crippen LogP contribution is 2.26. The van der Waals surface area contributed by atoms with Gasteiger partial charge in [-0.1, -0.05) is 57.7 Å². The second-order valence-corrected chi connectivity index (χ2v) is 9.34. The summed E-state index contributed by atoms with van der Waals surface area (Å²) in [5.41, 5.74) is 2.21. The SMILES string of the molecule is CCCCCC(CCCCC)Oc1ccc(C(=O)c2cn(CCCC(=O)O)c3ccccc23)cc1. The number of carboxylic acid groups (broad SMARTS) is 1. The predicted molar refractivity (Wildman–Crippen MR) is 141 cm³/mol. The van der Waals surface area contributed by atoms with Gasteiger partial charge >= 0.3 is 5.97 Å². The zero-order valence-corrected chi connectivity index (χ0v) is 21.2. The van der Waals surface area contributed by atoms with E-state index in [1.807, 2.05) is 59.3 Å². The Morgan fingerprint density at radius 1 is 0.886 bits per heavy atom. The van der Waals surface area contributed by atoms with Crippen molar-refractivity contribution in [1.29, 1.82) is 0 Å². The molecule has 0 unspecified atom stereocenters. The van der Waals surface area contributed by atoms with Gasteiger partial charge in [0.05, 0.1) is 6.10 Å². The van der Waals surface area contributed by atoms with Crippen molar-refractivity contribution in [3.05, 3.63) is 65.9 Å². The number of nitrogens with zero attached hydrogens (tertiary/aromatic N) is 1. The summed E-state index contributed by atoms with van der Waals surface area (Å²) in [4.78, 5) is 24.3. The van der Waals surface area contributed by atoms with Crippen LogP contribution in [-0.4, -0.2) is 27.5 Å². The molecule has 0 saturated carbocycles. The van der Waals surface area contributed by atoms with Gasteiger partial charge in [0.15, 0.2) is 5.78 Å². The number of hydrogen-bond acceptors (Lipinski definition) is 3. The average Bonchev–Trinajstić information content (AvgIpc) is 3.23. The molecule has 0 aliphatic heterocycles. The molecule has 0 aliphatic rings. The molecule has 0 radical (unpaired) electrons. The number of carbonyl (C=O) groups is 2. The van der Waals surface area contributed by atoms with Gasteiger partial charge in [0, 0.05) is 41.2 Å². The molecule has 1 heterocycles. The van der Waals surface area contributed by atoms with Crippen molar-refractivity contribution >= 4 is 22.7 Å². The molecule has 1 N–H and O–H groups in total. The number of unbranched alkanes of at least 4 members (excludes halogenated alkanes) is 4. The largest absolute Gasteiger partial charge is 0.490 e. The standard InChI is InChI=1S/C30H39NO4/c1-3-5-7-12-24(13-8-6-4-2)35-25-19-17-23(18-20-25)30(34)27-22-31(21-11-16-29(32)33)28-15-10-9-14-26(27)28/h9-10,14-15,17-20,22,24H,3-8,11-13,16,21H2,1-2H3,(H,32,33). The quantitative estimate of drug-likeness (QED) is 0.170. The number of hydrogen-bond donors (Lipinski definition) is 1. The number of benzene rings is 2. The van der Waals surface area contributed by atoms with Crippen LogP contribution in [0.3, 0.4) is 0 Å². The molecule has 3 aromatic rings. The number of ketones is 1. The van der Waals surface area contributed by atoms with Crippen LogP contribution in [0, 0.1) is 0 Å². The van der Waals surface area contributed by atoms with Gasteiger partial charge in [0.2, 0.25) is 0 Å². The lowest BCUT2D eigenvalue weighted by Crippen LogP contribution is -2.16. The van der Waals surface area contributed by atoms with E-state index in [-0.39, 0.29) is 18.3 Å². The summed E-state index contributed by atoms with van der Waals surface area (Å²) >= 11 is 0. The number of aryl methyl sites for hydroxylation is 1. The fourth-order valence-corrected chi connectivity index (χ4v) is 4.55. The van der Waals surface area contributed by atoms with E-state index in [1.54, 1.807) is 0 Å². The zero-order chi connectivity index (χ0) is 25.0. The van der Waals surface area contributed by atoms with Crippen LogP contribution in [0.2, 0.25) is 0 Å². The van der Waals surface area contributed by atoms with Gasteiger partial charge in [-0.25, -0.2) is 0 Å². The summed E-state index contributed by atoms with van der Waals surface area (Å²) in [6.45, 7) is 5.00. The lowest BCUT2D eigenvalue weighted by Gasteiger charge is -2.19. The van der Waals surface area contributed by atoms with E-state index >= 15 is 0 Å². The predicted octanol–water partition coefficient (Wildman–Crippen LogP) is 7.65. The minimum absolute atomic E-state index is 0.0350. The maximum Gasteiger partial charge on any atom is 0.303 e. The molecule has 0 bridgehead atoms. The van der Waals surface area contributed by atoms with Crippen LogP contribution >= 0.6 is 0 Å². The number of aliphatic carboxylic acids is 1. The molecule has 0 saturated heterocycles. The summed E-state index contributed by atoms with van der Waals surface area (Å²) in [5.74, 6) is -0.0270.